The Kier molecular flexibility index (Phi) is 5.64. The standard InChI is InChI=1S/C21H30N4O/c1-5-25-17(4)20(16(3)23-25)15(2)22-21(26)18-10-9-11-19(14-18)24-12-7-6-8-13-24/h9-11,14-15H,5-8,12-13H2,1-4H3,(H,22,26)/t15-/m1/s1. The first kappa shape index (κ1) is 18.5. The van der Waals surface area contributed by atoms with Gasteiger partial charge in [-0.3, -0.25) is 9.48 Å². The van der Waals surface area contributed by atoms with Gasteiger partial charge in [0.25, 0.3) is 5.91 Å². The average molecular weight is 354 g/mol. The Balaban J connectivity index is 1.74. The monoisotopic (exact) mass is 354 g/mol. The number of anilines is 1. The molecular weight excluding hydrogens is 324 g/mol. The van der Waals surface area contributed by atoms with E-state index >= 15 is 0 Å². The topological polar surface area (TPSA) is 50.2 Å². The molecule has 140 valence electrons. The molecule has 0 aliphatic carbocycles. The van der Waals surface area contributed by atoms with E-state index < -0.39 is 0 Å². The van der Waals surface area contributed by atoms with Crippen LogP contribution in [-0.2, 0) is 6.54 Å². The Labute approximate surface area is 156 Å². The lowest BCUT2D eigenvalue weighted by Gasteiger charge is -2.29. The second-order valence-corrected chi connectivity index (χ2v) is 7.19. The predicted molar refractivity (Wildman–Crippen MR) is 106 cm³/mol. The van der Waals surface area contributed by atoms with Crippen LogP contribution in [0.1, 0.15) is 66.5 Å². The van der Waals surface area contributed by atoms with Crippen molar-refractivity contribution in [2.24, 2.45) is 0 Å². The number of hydrogen-bond donors (Lipinski definition) is 1. The molecule has 3 rings (SSSR count). The molecule has 1 amide bonds. The van der Waals surface area contributed by atoms with Gasteiger partial charge in [0.1, 0.15) is 0 Å². The van der Waals surface area contributed by atoms with Gasteiger partial charge >= 0.3 is 0 Å². The zero-order valence-electron chi connectivity index (χ0n) is 16.4. The summed E-state index contributed by atoms with van der Waals surface area (Å²) >= 11 is 0. The number of amides is 1. The summed E-state index contributed by atoms with van der Waals surface area (Å²) in [7, 11) is 0. The number of nitrogens with one attached hydrogen (secondary N) is 1. The SMILES string of the molecule is CCn1nc(C)c([C@@H](C)NC(=O)c2cccc(N3CCCCC3)c2)c1C. The van der Waals surface area contributed by atoms with Crippen LogP contribution in [0.2, 0.25) is 0 Å². The smallest absolute Gasteiger partial charge is 0.251 e. The molecule has 1 N–H and O–H groups in total. The average Bonchev–Trinajstić information content (AvgIpc) is 2.96. The lowest BCUT2D eigenvalue weighted by atomic mass is 10.1. The molecule has 0 unspecified atom stereocenters. The summed E-state index contributed by atoms with van der Waals surface area (Å²) in [6.45, 7) is 11.2. The molecule has 1 atom stereocenters. The third kappa shape index (κ3) is 3.76. The van der Waals surface area contributed by atoms with Crippen molar-refractivity contribution in [1.82, 2.24) is 15.1 Å². The highest BCUT2D eigenvalue weighted by Gasteiger charge is 2.20. The number of benzene rings is 1. The number of carbonyl (C=O) groups is 1. The number of rotatable bonds is 5. The molecule has 0 spiro atoms. The maximum Gasteiger partial charge on any atom is 0.251 e. The first-order chi connectivity index (χ1) is 12.5. The van der Waals surface area contributed by atoms with Crippen molar-refractivity contribution < 1.29 is 4.79 Å². The Bertz CT molecular complexity index is 774. The summed E-state index contributed by atoms with van der Waals surface area (Å²) in [4.78, 5) is 15.2. The number of piperidine rings is 1. The van der Waals surface area contributed by atoms with Crippen molar-refractivity contribution in [3.63, 3.8) is 0 Å². The molecule has 1 fully saturated rings. The van der Waals surface area contributed by atoms with E-state index in [0.29, 0.717) is 0 Å². The summed E-state index contributed by atoms with van der Waals surface area (Å²) in [5.74, 6) is -0.0283. The number of carbonyl (C=O) groups excluding carboxylic acids is 1. The van der Waals surface area contributed by atoms with Gasteiger partial charge in [-0.15, -0.1) is 0 Å². The molecule has 0 radical (unpaired) electrons. The Hall–Kier alpha value is -2.30. The molecular formula is C21H30N4O. The Morgan fingerprint density at radius 2 is 1.96 bits per heavy atom. The minimum absolute atomic E-state index is 0.0283. The Morgan fingerprint density at radius 3 is 2.62 bits per heavy atom. The molecule has 1 aromatic carbocycles. The molecule has 1 aliphatic rings. The molecule has 2 heterocycles. The van der Waals surface area contributed by atoms with Crippen LogP contribution in [0.3, 0.4) is 0 Å². The van der Waals surface area contributed by atoms with Crippen molar-refractivity contribution in [3.05, 3.63) is 46.8 Å². The van der Waals surface area contributed by atoms with Gasteiger partial charge in [-0.1, -0.05) is 6.07 Å². The second kappa shape index (κ2) is 7.94. The molecule has 1 saturated heterocycles. The van der Waals surface area contributed by atoms with Crippen molar-refractivity contribution in [2.75, 3.05) is 18.0 Å². The van der Waals surface area contributed by atoms with Gasteiger partial charge < -0.3 is 10.2 Å². The van der Waals surface area contributed by atoms with Crippen LogP contribution in [0, 0.1) is 13.8 Å². The largest absolute Gasteiger partial charge is 0.372 e. The van der Waals surface area contributed by atoms with Gasteiger partial charge in [-0.05, 0) is 65.2 Å². The molecule has 26 heavy (non-hydrogen) atoms. The van der Waals surface area contributed by atoms with Crippen molar-refractivity contribution in [1.29, 1.82) is 0 Å². The van der Waals surface area contributed by atoms with E-state index in [9.17, 15) is 4.79 Å². The summed E-state index contributed by atoms with van der Waals surface area (Å²) in [6.07, 6.45) is 3.76. The summed E-state index contributed by atoms with van der Waals surface area (Å²) in [6, 6.07) is 7.93. The minimum atomic E-state index is -0.0681. The molecule has 2 aromatic rings. The fourth-order valence-electron chi connectivity index (χ4n) is 3.99. The first-order valence-corrected chi connectivity index (χ1v) is 9.71. The van der Waals surface area contributed by atoms with Crippen LogP contribution < -0.4 is 10.2 Å². The highest BCUT2D eigenvalue weighted by molar-refractivity contribution is 5.95. The summed E-state index contributed by atoms with van der Waals surface area (Å²) in [5, 5.41) is 7.71. The predicted octanol–water partition coefficient (Wildman–Crippen LogP) is 4.00. The lowest BCUT2D eigenvalue weighted by Crippen LogP contribution is -2.30. The molecule has 1 aliphatic heterocycles. The van der Waals surface area contributed by atoms with Gasteiger partial charge in [-0.2, -0.15) is 5.10 Å². The number of hydrogen-bond acceptors (Lipinski definition) is 3. The number of aryl methyl sites for hydroxylation is 2. The van der Waals surface area contributed by atoms with E-state index in [1.165, 1.54) is 19.3 Å². The molecule has 0 saturated carbocycles. The maximum absolute atomic E-state index is 12.8. The van der Waals surface area contributed by atoms with Crippen LogP contribution >= 0.6 is 0 Å². The highest BCUT2D eigenvalue weighted by Crippen LogP contribution is 2.23. The van der Waals surface area contributed by atoms with Crippen molar-refractivity contribution >= 4 is 11.6 Å². The normalized spacial score (nSPS) is 15.8. The van der Waals surface area contributed by atoms with E-state index in [4.69, 9.17) is 0 Å². The summed E-state index contributed by atoms with van der Waals surface area (Å²) in [5.41, 5.74) is 5.10. The fraction of sp³-hybridized carbons (Fsp3) is 0.524. The van der Waals surface area contributed by atoms with Gasteiger partial charge in [0.2, 0.25) is 0 Å². The molecule has 1 aromatic heterocycles. The summed E-state index contributed by atoms with van der Waals surface area (Å²) < 4.78 is 1.99. The minimum Gasteiger partial charge on any atom is -0.372 e. The highest BCUT2D eigenvalue weighted by atomic mass is 16.1. The third-order valence-corrected chi connectivity index (χ3v) is 5.35. The van der Waals surface area contributed by atoms with Crippen LogP contribution in [0.25, 0.3) is 0 Å². The fourth-order valence-corrected chi connectivity index (χ4v) is 3.99. The van der Waals surface area contributed by atoms with Crippen LogP contribution in [0.4, 0.5) is 5.69 Å². The van der Waals surface area contributed by atoms with Gasteiger partial charge in [-0.25, -0.2) is 0 Å². The quantitative estimate of drug-likeness (QED) is 0.883. The zero-order chi connectivity index (χ0) is 18.7. The third-order valence-electron chi connectivity index (χ3n) is 5.35. The Morgan fingerprint density at radius 1 is 1.23 bits per heavy atom. The second-order valence-electron chi connectivity index (χ2n) is 7.19. The molecule has 5 nitrogen and oxygen atoms in total. The van der Waals surface area contributed by atoms with Crippen molar-refractivity contribution in [3.8, 4) is 0 Å². The van der Waals surface area contributed by atoms with E-state index in [0.717, 1.165) is 47.8 Å². The first-order valence-electron chi connectivity index (χ1n) is 9.71. The van der Waals surface area contributed by atoms with Crippen LogP contribution in [0.5, 0.6) is 0 Å². The lowest BCUT2D eigenvalue weighted by molar-refractivity contribution is 0.0940. The van der Waals surface area contributed by atoms with Crippen LogP contribution in [0.15, 0.2) is 24.3 Å². The number of aromatic nitrogens is 2. The van der Waals surface area contributed by atoms with Gasteiger partial charge in [0.15, 0.2) is 0 Å². The van der Waals surface area contributed by atoms with Crippen molar-refractivity contribution in [2.45, 2.75) is 59.5 Å². The van der Waals surface area contributed by atoms with E-state index in [1.54, 1.807) is 0 Å². The van der Waals surface area contributed by atoms with Gasteiger partial charge in [0, 0.05) is 42.1 Å². The van der Waals surface area contributed by atoms with E-state index in [1.807, 2.05) is 36.7 Å². The molecule has 5 heteroatoms. The van der Waals surface area contributed by atoms with E-state index in [2.05, 4.69) is 35.2 Å². The molecule has 0 bridgehead atoms. The number of nitrogens with zero attached hydrogens (tertiary/aromatic N) is 3. The van der Waals surface area contributed by atoms with Crippen LogP contribution in [-0.4, -0.2) is 28.8 Å². The zero-order valence-corrected chi connectivity index (χ0v) is 16.4. The van der Waals surface area contributed by atoms with E-state index in [-0.39, 0.29) is 11.9 Å². The maximum atomic E-state index is 12.8. The van der Waals surface area contributed by atoms with Gasteiger partial charge in [0.05, 0.1) is 11.7 Å².